The van der Waals surface area contributed by atoms with Gasteiger partial charge in [0.05, 0.1) is 0 Å². The largest absolute Gasteiger partial charge is 0.359 e. The van der Waals surface area contributed by atoms with Gasteiger partial charge in [0.15, 0.2) is 0 Å². The van der Waals surface area contributed by atoms with Gasteiger partial charge in [-0.1, -0.05) is 24.3 Å². The molecule has 1 heterocycles. The molecular formula is C18H19FN2O. The van der Waals surface area contributed by atoms with Crippen molar-refractivity contribution in [2.75, 3.05) is 16.8 Å². The van der Waals surface area contributed by atoms with Crippen LogP contribution in [0, 0.1) is 12.7 Å². The van der Waals surface area contributed by atoms with Gasteiger partial charge < -0.3 is 10.2 Å². The Labute approximate surface area is 129 Å². The van der Waals surface area contributed by atoms with E-state index in [-0.39, 0.29) is 17.8 Å². The number of hydrogen-bond donors (Lipinski definition) is 1. The summed E-state index contributed by atoms with van der Waals surface area (Å²) in [6.07, 6.45) is 0.951. The van der Waals surface area contributed by atoms with Gasteiger partial charge in [0.25, 0.3) is 0 Å². The number of para-hydroxylation sites is 1. The lowest BCUT2D eigenvalue weighted by Gasteiger charge is -2.26. The van der Waals surface area contributed by atoms with E-state index in [0.29, 0.717) is 11.3 Å². The van der Waals surface area contributed by atoms with Crippen LogP contribution in [0.25, 0.3) is 0 Å². The molecule has 0 radical (unpaired) electrons. The van der Waals surface area contributed by atoms with Crippen LogP contribution in [0.5, 0.6) is 0 Å². The highest BCUT2D eigenvalue weighted by molar-refractivity contribution is 5.97. The predicted molar refractivity (Wildman–Crippen MR) is 86.7 cm³/mol. The fourth-order valence-corrected chi connectivity index (χ4v) is 2.82. The minimum atomic E-state index is -0.308. The van der Waals surface area contributed by atoms with E-state index >= 15 is 0 Å². The number of carbonyl (C=O) groups excluding carboxylic acids is 1. The van der Waals surface area contributed by atoms with Crippen molar-refractivity contribution in [2.24, 2.45) is 0 Å². The van der Waals surface area contributed by atoms with Crippen molar-refractivity contribution in [3.63, 3.8) is 0 Å². The summed E-state index contributed by atoms with van der Waals surface area (Å²) in [5, 5.41) is 2.80. The number of nitrogens with zero attached hydrogens (tertiary/aromatic N) is 1. The molecule has 1 N–H and O–H groups in total. The predicted octanol–water partition coefficient (Wildman–Crippen LogP) is 3.52. The molecule has 114 valence electrons. The van der Waals surface area contributed by atoms with Crippen LogP contribution in [0.15, 0.2) is 42.5 Å². The summed E-state index contributed by atoms with van der Waals surface area (Å²) in [5.41, 5.74) is 3.44. The van der Waals surface area contributed by atoms with E-state index in [0.717, 1.165) is 18.7 Å². The summed E-state index contributed by atoms with van der Waals surface area (Å²) >= 11 is 0. The number of aryl methyl sites for hydroxylation is 1. The van der Waals surface area contributed by atoms with Crippen LogP contribution in [-0.2, 0) is 11.2 Å². The molecule has 0 saturated heterocycles. The van der Waals surface area contributed by atoms with Crippen LogP contribution in [-0.4, -0.2) is 18.5 Å². The van der Waals surface area contributed by atoms with Crippen LogP contribution in [0.2, 0.25) is 0 Å². The van der Waals surface area contributed by atoms with Gasteiger partial charge in [-0.2, -0.15) is 0 Å². The first-order valence-corrected chi connectivity index (χ1v) is 7.48. The number of fused-ring (bicyclic) bond motifs is 1. The van der Waals surface area contributed by atoms with Crippen molar-refractivity contribution in [3.8, 4) is 0 Å². The molecule has 0 saturated carbocycles. The zero-order valence-electron chi connectivity index (χ0n) is 12.8. The molecule has 0 fully saturated rings. The lowest BCUT2D eigenvalue weighted by molar-refractivity contribution is -0.117. The van der Waals surface area contributed by atoms with E-state index < -0.39 is 0 Å². The van der Waals surface area contributed by atoms with E-state index in [1.165, 1.54) is 11.6 Å². The van der Waals surface area contributed by atoms with Crippen molar-refractivity contribution in [1.82, 2.24) is 0 Å². The fourth-order valence-electron chi connectivity index (χ4n) is 2.82. The SMILES string of the molecule is Cc1ccc(NC(=O)[C@H](C)N2CCc3ccccc32)cc1F. The summed E-state index contributed by atoms with van der Waals surface area (Å²) in [5.74, 6) is -0.433. The molecule has 0 bridgehead atoms. The third kappa shape index (κ3) is 2.69. The van der Waals surface area contributed by atoms with Crippen LogP contribution < -0.4 is 10.2 Å². The summed E-state index contributed by atoms with van der Waals surface area (Å²) in [4.78, 5) is 14.5. The van der Waals surface area contributed by atoms with Gasteiger partial charge in [-0.15, -0.1) is 0 Å². The van der Waals surface area contributed by atoms with Gasteiger partial charge in [0, 0.05) is 17.9 Å². The standard InChI is InChI=1S/C18H19FN2O/c1-12-7-8-15(11-16(12)19)20-18(22)13(2)21-10-9-14-5-3-4-6-17(14)21/h3-8,11,13H,9-10H2,1-2H3,(H,20,22)/t13-/m0/s1. The molecular weight excluding hydrogens is 279 g/mol. The van der Waals surface area contributed by atoms with Crippen molar-refractivity contribution in [3.05, 3.63) is 59.4 Å². The van der Waals surface area contributed by atoms with Gasteiger partial charge in [-0.05, 0) is 49.6 Å². The van der Waals surface area contributed by atoms with E-state index in [1.54, 1.807) is 19.1 Å². The molecule has 1 aliphatic rings. The first-order valence-electron chi connectivity index (χ1n) is 7.48. The Hall–Kier alpha value is -2.36. The van der Waals surface area contributed by atoms with Gasteiger partial charge in [-0.25, -0.2) is 4.39 Å². The van der Waals surface area contributed by atoms with Crippen LogP contribution in [0.3, 0.4) is 0 Å². The zero-order chi connectivity index (χ0) is 15.7. The van der Waals surface area contributed by atoms with E-state index in [9.17, 15) is 9.18 Å². The molecule has 3 rings (SSSR count). The van der Waals surface area contributed by atoms with E-state index in [4.69, 9.17) is 0 Å². The highest BCUT2D eigenvalue weighted by Crippen LogP contribution is 2.29. The topological polar surface area (TPSA) is 32.3 Å². The zero-order valence-corrected chi connectivity index (χ0v) is 12.8. The molecule has 1 amide bonds. The van der Waals surface area contributed by atoms with Gasteiger partial charge in [0.2, 0.25) is 5.91 Å². The number of hydrogen-bond acceptors (Lipinski definition) is 2. The van der Waals surface area contributed by atoms with Crippen molar-refractivity contribution < 1.29 is 9.18 Å². The normalized spacial score (nSPS) is 14.6. The summed E-state index contributed by atoms with van der Waals surface area (Å²) in [7, 11) is 0. The molecule has 0 aromatic heterocycles. The van der Waals surface area contributed by atoms with Gasteiger partial charge >= 0.3 is 0 Å². The molecule has 1 aliphatic heterocycles. The Morgan fingerprint density at radius 3 is 2.82 bits per heavy atom. The maximum Gasteiger partial charge on any atom is 0.246 e. The van der Waals surface area contributed by atoms with Crippen molar-refractivity contribution in [2.45, 2.75) is 26.3 Å². The van der Waals surface area contributed by atoms with Gasteiger partial charge in [-0.3, -0.25) is 4.79 Å². The lowest BCUT2D eigenvalue weighted by Crippen LogP contribution is -2.41. The monoisotopic (exact) mass is 298 g/mol. The van der Waals surface area contributed by atoms with E-state index in [1.807, 2.05) is 25.1 Å². The van der Waals surface area contributed by atoms with Crippen molar-refractivity contribution >= 4 is 17.3 Å². The molecule has 3 nitrogen and oxygen atoms in total. The quantitative estimate of drug-likeness (QED) is 0.940. The van der Waals surface area contributed by atoms with Gasteiger partial charge in [0.1, 0.15) is 11.9 Å². The average molecular weight is 298 g/mol. The second kappa shape index (κ2) is 5.79. The molecule has 0 unspecified atom stereocenters. The second-order valence-electron chi connectivity index (χ2n) is 5.70. The highest BCUT2D eigenvalue weighted by Gasteiger charge is 2.27. The Bertz CT molecular complexity index is 714. The Kier molecular flexibility index (Phi) is 3.84. The Balaban J connectivity index is 1.74. The summed E-state index contributed by atoms with van der Waals surface area (Å²) in [6, 6.07) is 12.6. The maximum atomic E-state index is 13.6. The Morgan fingerprint density at radius 2 is 2.05 bits per heavy atom. The number of benzene rings is 2. The number of carbonyl (C=O) groups is 1. The highest BCUT2D eigenvalue weighted by atomic mass is 19.1. The van der Waals surface area contributed by atoms with Crippen LogP contribution >= 0.6 is 0 Å². The molecule has 0 spiro atoms. The van der Waals surface area contributed by atoms with Crippen LogP contribution in [0.1, 0.15) is 18.1 Å². The average Bonchev–Trinajstić information content (AvgIpc) is 2.94. The maximum absolute atomic E-state index is 13.6. The fraction of sp³-hybridized carbons (Fsp3) is 0.278. The third-order valence-corrected chi connectivity index (χ3v) is 4.21. The number of anilines is 2. The second-order valence-corrected chi connectivity index (χ2v) is 5.70. The minimum absolute atomic E-state index is 0.125. The van der Waals surface area contributed by atoms with Crippen LogP contribution in [0.4, 0.5) is 15.8 Å². The smallest absolute Gasteiger partial charge is 0.246 e. The summed E-state index contributed by atoms with van der Waals surface area (Å²) < 4.78 is 13.6. The first kappa shape index (κ1) is 14.6. The Morgan fingerprint density at radius 1 is 1.27 bits per heavy atom. The molecule has 2 aromatic carbocycles. The van der Waals surface area contributed by atoms with E-state index in [2.05, 4.69) is 16.3 Å². The molecule has 22 heavy (non-hydrogen) atoms. The molecule has 2 aromatic rings. The number of rotatable bonds is 3. The number of halogens is 1. The van der Waals surface area contributed by atoms with Crippen molar-refractivity contribution in [1.29, 1.82) is 0 Å². The third-order valence-electron chi connectivity index (χ3n) is 4.21. The summed E-state index contributed by atoms with van der Waals surface area (Å²) in [6.45, 7) is 4.41. The number of nitrogens with one attached hydrogen (secondary N) is 1. The minimum Gasteiger partial charge on any atom is -0.359 e. The molecule has 4 heteroatoms. The first-order chi connectivity index (χ1) is 10.6. The lowest BCUT2D eigenvalue weighted by atomic mass is 10.1. The molecule has 0 aliphatic carbocycles. The number of amides is 1. The molecule has 1 atom stereocenters.